The molecule has 0 spiro atoms. The SMILES string of the molecule is COc1ccccc1OCC(=O)c1ccc2c(c1)N(CCCC(=O)NCc1ccco1)C(=O)CO2. The molecule has 9 heteroatoms. The van der Waals surface area contributed by atoms with Crippen molar-refractivity contribution in [3.63, 3.8) is 0 Å². The van der Waals surface area contributed by atoms with E-state index < -0.39 is 0 Å². The molecule has 182 valence electrons. The summed E-state index contributed by atoms with van der Waals surface area (Å²) in [6.45, 7) is 0.345. The number of anilines is 1. The second-order valence-corrected chi connectivity index (χ2v) is 7.84. The fourth-order valence-corrected chi connectivity index (χ4v) is 3.67. The standard InChI is InChI=1S/C26H26N2O7/c1-32-23-7-2-3-8-24(23)34-16-21(29)18-10-11-22-20(14-18)28(26(31)17-35-22)12-4-9-25(30)27-15-19-6-5-13-33-19/h2-3,5-8,10-11,13-14H,4,9,12,15-17H2,1H3,(H,27,30). The smallest absolute Gasteiger partial charge is 0.265 e. The Hall–Kier alpha value is -4.27. The molecule has 9 nitrogen and oxygen atoms in total. The number of carbonyl (C=O) groups excluding carboxylic acids is 3. The van der Waals surface area contributed by atoms with Gasteiger partial charge in [-0.05, 0) is 48.9 Å². The molecule has 0 atom stereocenters. The van der Waals surface area contributed by atoms with Crippen molar-refractivity contribution in [3.05, 3.63) is 72.2 Å². The van der Waals surface area contributed by atoms with Crippen LogP contribution in [0.25, 0.3) is 0 Å². The van der Waals surface area contributed by atoms with Gasteiger partial charge >= 0.3 is 0 Å². The highest BCUT2D eigenvalue weighted by molar-refractivity contribution is 6.02. The van der Waals surface area contributed by atoms with Gasteiger partial charge in [-0.3, -0.25) is 14.4 Å². The molecule has 2 amide bonds. The molecule has 0 radical (unpaired) electrons. The number of Topliss-reactive ketones (excluding diaryl/α,β-unsaturated/α-hetero) is 1. The molecule has 1 aliphatic rings. The highest BCUT2D eigenvalue weighted by atomic mass is 16.5. The number of hydrogen-bond acceptors (Lipinski definition) is 7. The third-order valence-electron chi connectivity index (χ3n) is 5.48. The van der Waals surface area contributed by atoms with Crippen molar-refractivity contribution in [2.75, 3.05) is 31.8 Å². The third-order valence-corrected chi connectivity index (χ3v) is 5.48. The molecule has 1 aromatic heterocycles. The summed E-state index contributed by atoms with van der Waals surface area (Å²) in [4.78, 5) is 39.0. The van der Waals surface area contributed by atoms with Crippen LogP contribution < -0.4 is 24.4 Å². The van der Waals surface area contributed by atoms with Crippen molar-refractivity contribution in [2.24, 2.45) is 0 Å². The van der Waals surface area contributed by atoms with Crippen LogP contribution in [-0.4, -0.2) is 44.5 Å². The lowest BCUT2D eigenvalue weighted by atomic mass is 10.1. The topological polar surface area (TPSA) is 107 Å². The lowest BCUT2D eigenvalue weighted by molar-refractivity contribution is -0.123. The average Bonchev–Trinajstić information content (AvgIpc) is 3.41. The maximum atomic E-state index is 12.8. The summed E-state index contributed by atoms with van der Waals surface area (Å²) in [6, 6.07) is 15.5. The number of benzene rings is 2. The van der Waals surface area contributed by atoms with Crippen LogP contribution in [0.4, 0.5) is 5.69 Å². The minimum absolute atomic E-state index is 0.0953. The van der Waals surface area contributed by atoms with Gasteiger partial charge in [-0.1, -0.05) is 12.1 Å². The number of amides is 2. The highest BCUT2D eigenvalue weighted by Gasteiger charge is 2.26. The number of carbonyl (C=O) groups is 3. The first kappa shape index (κ1) is 23.9. The van der Waals surface area contributed by atoms with E-state index >= 15 is 0 Å². The van der Waals surface area contributed by atoms with Crippen LogP contribution in [0.2, 0.25) is 0 Å². The van der Waals surface area contributed by atoms with Gasteiger partial charge < -0.3 is 28.8 Å². The van der Waals surface area contributed by atoms with Gasteiger partial charge in [0.15, 0.2) is 30.5 Å². The minimum atomic E-state index is -0.256. The van der Waals surface area contributed by atoms with E-state index in [9.17, 15) is 14.4 Å². The lowest BCUT2D eigenvalue weighted by Gasteiger charge is -2.29. The molecule has 3 aromatic rings. The van der Waals surface area contributed by atoms with Gasteiger partial charge in [0.1, 0.15) is 11.5 Å². The van der Waals surface area contributed by atoms with Gasteiger partial charge in [-0.15, -0.1) is 0 Å². The van der Waals surface area contributed by atoms with Crippen LogP contribution in [0, 0.1) is 0 Å². The molecule has 2 aromatic carbocycles. The van der Waals surface area contributed by atoms with Gasteiger partial charge in [0, 0.05) is 18.5 Å². The first-order valence-corrected chi connectivity index (χ1v) is 11.2. The fourth-order valence-electron chi connectivity index (χ4n) is 3.67. The number of ketones is 1. The van der Waals surface area contributed by atoms with Gasteiger partial charge in [0.25, 0.3) is 5.91 Å². The Morgan fingerprint density at radius 1 is 1.09 bits per heavy atom. The van der Waals surface area contributed by atoms with Gasteiger partial charge in [-0.2, -0.15) is 0 Å². The van der Waals surface area contributed by atoms with Crippen molar-refractivity contribution in [2.45, 2.75) is 19.4 Å². The zero-order valence-corrected chi connectivity index (χ0v) is 19.3. The molecule has 1 N–H and O–H groups in total. The minimum Gasteiger partial charge on any atom is -0.493 e. The number of furan rings is 1. The van der Waals surface area contributed by atoms with E-state index in [4.69, 9.17) is 18.6 Å². The van der Waals surface area contributed by atoms with Crippen LogP contribution in [0.3, 0.4) is 0 Å². The van der Waals surface area contributed by atoms with Crippen molar-refractivity contribution in [1.82, 2.24) is 5.32 Å². The Bertz CT molecular complexity index is 1190. The predicted octanol–water partition coefficient (Wildman–Crippen LogP) is 3.37. The number of rotatable bonds is 11. The first-order valence-electron chi connectivity index (χ1n) is 11.2. The number of fused-ring (bicyclic) bond motifs is 1. The van der Waals surface area contributed by atoms with Crippen LogP contribution in [0.1, 0.15) is 29.0 Å². The Balaban J connectivity index is 1.36. The van der Waals surface area contributed by atoms with Crippen molar-refractivity contribution in [1.29, 1.82) is 0 Å². The molecule has 4 rings (SSSR count). The molecule has 0 aliphatic carbocycles. The lowest BCUT2D eigenvalue weighted by Crippen LogP contribution is -2.40. The largest absolute Gasteiger partial charge is 0.493 e. The summed E-state index contributed by atoms with van der Waals surface area (Å²) in [5, 5.41) is 2.78. The Morgan fingerprint density at radius 3 is 2.69 bits per heavy atom. The van der Waals surface area contributed by atoms with E-state index in [-0.39, 0.29) is 37.2 Å². The molecule has 0 bridgehead atoms. The van der Waals surface area contributed by atoms with E-state index in [0.29, 0.717) is 53.8 Å². The number of hydrogen-bond donors (Lipinski definition) is 1. The quantitative estimate of drug-likeness (QED) is 0.421. The van der Waals surface area contributed by atoms with E-state index in [1.807, 2.05) is 6.07 Å². The summed E-state index contributed by atoms with van der Waals surface area (Å²) in [5.74, 6) is 1.55. The molecule has 35 heavy (non-hydrogen) atoms. The number of para-hydroxylation sites is 2. The molecule has 0 saturated heterocycles. The summed E-state index contributed by atoms with van der Waals surface area (Å²) in [6.07, 6.45) is 2.24. The Labute approximate surface area is 202 Å². The fraction of sp³-hybridized carbons (Fsp3) is 0.269. The number of methoxy groups -OCH3 is 1. The molecular formula is C26H26N2O7. The van der Waals surface area contributed by atoms with Gasteiger partial charge in [0.2, 0.25) is 5.91 Å². The predicted molar refractivity (Wildman–Crippen MR) is 127 cm³/mol. The summed E-state index contributed by atoms with van der Waals surface area (Å²) in [7, 11) is 1.53. The Kier molecular flexibility index (Phi) is 7.67. The normalized spacial score (nSPS) is 12.5. The van der Waals surface area contributed by atoms with E-state index in [0.717, 1.165) is 0 Å². The average molecular weight is 479 g/mol. The van der Waals surface area contributed by atoms with Crippen LogP contribution in [0.15, 0.2) is 65.3 Å². The monoisotopic (exact) mass is 478 g/mol. The van der Waals surface area contributed by atoms with Crippen LogP contribution in [-0.2, 0) is 16.1 Å². The van der Waals surface area contributed by atoms with Gasteiger partial charge in [-0.25, -0.2) is 0 Å². The van der Waals surface area contributed by atoms with E-state index in [2.05, 4.69) is 5.32 Å². The summed E-state index contributed by atoms with van der Waals surface area (Å²) >= 11 is 0. The second kappa shape index (κ2) is 11.2. The van der Waals surface area contributed by atoms with Crippen molar-refractivity contribution in [3.8, 4) is 17.2 Å². The zero-order valence-electron chi connectivity index (χ0n) is 19.3. The maximum Gasteiger partial charge on any atom is 0.265 e. The maximum absolute atomic E-state index is 12.8. The summed E-state index contributed by atoms with van der Waals surface area (Å²) in [5.41, 5.74) is 0.888. The summed E-state index contributed by atoms with van der Waals surface area (Å²) < 4.78 is 21.6. The van der Waals surface area contributed by atoms with Crippen LogP contribution in [0.5, 0.6) is 17.2 Å². The zero-order chi connectivity index (χ0) is 24.6. The number of nitrogens with zero attached hydrogens (tertiary/aromatic N) is 1. The highest BCUT2D eigenvalue weighted by Crippen LogP contribution is 2.33. The Morgan fingerprint density at radius 2 is 1.91 bits per heavy atom. The molecule has 0 unspecified atom stereocenters. The molecule has 2 heterocycles. The van der Waals surface area contributed by atoms with E-state index in [1.54, 1.807) is 59.7 Å². The second-order valence-electron chi connectivity index (χ2n) is 7.84. The number of ether oxygens (including phenoxy) is 3. The van der Waals surface area contributed by atoms with Crippen molar-refractivity contribution < 1.29 is 33.0 Å². The van der Waals surface area contributed by atoms with Crippen LogP contribution >= 0.6 is 0 Å². The van der Waals surface area contributed by atoms with Crippen molar-refractivity contribution >= 4 is 23.3 Å². The van der Waals surface area contributed by atoms with E-state index in [1.165, 1.54) is 7.11 Å². The molecule has 1 aliphatic heterocycles. The third kappa shape index (κ3) is 6.00. The molecule has 0 fully saturated rings. The number of nitrogens with one attached hydrogen (secondary N) is 1. The molecular weight excluding hydrogens is 452 g/mol. The van der Waals surface area contributed by atoms with Gasteiger partial charge in [0.05, 0.1) is 25.6 Å². The molecule has 0 saturated carbocycles. The first-order chi connectivity index (χ1) is 17.0.